The van der Waals surface area contributed by atoms with E-state index in [9.17, 15) is 0 Å². The number of hydrogen-bond acceptors (Lipinski definition) is 3. The van der Waals surface area contributed by atoms with Crippen molar-refractivity contribution in [3.63, 3.8) is 0 Å². The van der Waals surface area contributed by atoms with Crippen LogP contribution in [0.4, 0.5) is 0 Å². The molecule has 0 aromatic heterocycles. The van der Waals surface area contributed by atoms with Gasteiger partial charge in [0.05, 0.1) is 6.54 Å². The predicted octanol–water partition coefficient (Wildman–Crippen LogP) is 2.89. The zero-order valence-electron chi connectivity index (χ0n) is 9.83. The molecule has 0 spiro atoms. The molecule has 1 aliphatic carbocycles. The summed E-state index contributed by atoms with van der Waals surface area (Å²) in [5, 5.41) is 5.45. The Bertz CT molecular complexity index is 240. The van der Waals surface area contributed by atoms with Crippen LogP contribution in [-0.2, 0) is 0 Å². The molecule has 1 aliphatic heterocycles. The van der Waals surface area contributed by atoms with E-state index in [1.807, 2.05) is 11.8 Å². The van der Waals surface area contributed by atoms with Crippen LogP contribution in [-0.4, -0.2) is 23.5 Å². The molecule has 0 aromatic carbocycles. The molecule has 15 heavy (non-hydrogen) atoms. The van der Waals surface area contributed by atoms with Gasteiger partial charge >= 0.3 is 0 Å². The fraction of sp³-hybridized carbons (Fsp3) is 0.917. The van der Waals surface area contributed by atoms with E-state index in [0.29, 0.717) is 0 Å². The molecule has 1 N–H and O–H groups in total. The predicted molar refractivity (Wildman–Crippen MR) is 68.5 cm³/mol. The number of rotatable bonds is 3. The molecule has 1 saturated carbocycles. The third-order valence-electron chi connectivity index (χ3n) is 3.52. The van der Waals surface area contributed by atoms with Crippen molar-refractivity contribution in [2.24, 2.45) is 16.8 Å². The van der Waals surface area contributed by atoms with Crippen molar-refractivity contribution in [1.82, 2.24) is 5.32 Å². The second kappa shape index (κ2) is 5.24. The maximum atomic E-state index is 4.54. The van der Waals surface area contributed by atoms with E-state index < -0.39 is 0 Å². The van der Waals surface area contributed by atoms with Gasteiger partial charge in [0.2, 0.25) is 0 Å². The van der Waals surface area contributed by atoms with Crippen LogP contribution < -0.4 is 5.32 Å². The summed E-state index contributed by atoms with van der Waals surface area (Å²) >= 11 is 1.93. The van der Waals surface area contributed by atoms with Crippen LogP contribution in [0.5, 0.6) is 0 Å². The lowest BCUT2D eigenvalue weighted by atomic mass is 10.1. The normalized spacial score (nSPS) is 35.6. The summed E-state index contributed by atoms with van der Waals surface area (Å²) in [6, 6.07) is 0. The highest BCUT2D eigenvalue weighted by Gasteiger charge is 2.23. The SMILES string of the molecule is CCC1CN=C(NCC2CCC(C)C2)S1. The highest BCUT2D eigenvalue weighted by Crippen LogP contribution is 2.30. The number of nitrogens with one attached hydrogen (secondary N) is 1. The van der Waals surface area contributed by atoms with Crippen LogP contribution in [0.15, 0.2) is 4.99 Å². The van der Waals surface area contributed by atoms with E-state index in [1.54, 1.807) is 0 Å². The highest BCUT2D eigenvalue weighted by molar-refractivity contribution is 8.14. The third-order valence-corrected chi connectivity index (χ3v) is 4.83. The third kappa shape index (κ3) is 3.13. The molecule has 3 heteroatoms. The van der Waals surface area contributed by atoms with Gasteiger partial charge in [0.25, 0.3) is 0 Å². The summed E-state index contributed by atoms with van der Waals surface area (Å²) < 4.78 is 0. The molecule has 0 radical (unpaired) electrons. The van der Waals surface area contributed by atoms with Crippen LogP contribution in [0, 0.1) is 11.8 Å². The summed E-state index contributed by atoms with van der Waals surface area (Å²) in [5.41, 5.74) is 0. The Labute approximate surface area is 97.3 Å². The fourth-order valence-corrected chi connectivity index (χ4v) is 3.42. The Morgan fingerprint density at radius 2 is 2.33 bits per heavy atom. The molecule has 2 aliphatic rings. The van der Waals surface area contributed by atoms with Gasteiger partial charge in [0.1, 0.15) is 0 Å². The molecule has 1 heterocycles. The van der Waals surface area contributed by atoms with Crippen LogP contribution in [0.3, 0.4) is 0 Å². The lowest BCUT2D eigenvalue weighted by Crippen LogP contribution is -2.25. The molecule has 3 atom stereocenters. The first kappa shape index (κ1) is 11.3. The minimum Gasteiger partial charge on any atom is -0.365 e. The summed E-state index contributed by atoms with van der Waals surface area (Å²) in [6.07, 6.45) is 5.47. The number of amidine groups is 1. The number of thioether (sulfide) groups is 1. The van der Waals surface area contributed by atoms with Gasteiger partial charge in [-0.3, -0.25) is 4.99 Å². The smallest absolute Gasteiger partial charge is 0.156 e. The Morgan fingerprint density at radius 3 is 2.93 bits per heavy atom. The van der Waals surface area contributed by atoms with Crippen LogP contribution >= 0.6 is 11.8 Å². The van der Waals surface area contributed by atoms with Gasteiger partial charge in [0, 0.05) is 11.8 Å². The number of aliphatic imine (C=N–C) groups is 1. The maximum Gasteiger partial charge on any atom is 0.156 e. The first-order valence-corrected chi connectivity index (χ1v) is 7.11. The van der Waals surface area contributed by atoms with Gasteiger partial charge in [-0.2, -0.15) is 0 Å². The minimum atomic E-state index is 0.731. The molecule has 3 unspecified atom stereocenters. The van der Waals surface area contributed by atoms with Gasteiger partial charge in [-0.1, -0.05) is 32.0 Å². The maximum absolute atomic E-state index is 4.54. The zero-order valence-corrected chi connectivity index (χ0v) is 10.6. The summed E-state index contributed by atoms with van der Waals surface area (Å²) in [7, 11) is 0. The minimum absolute atomic E-state index is 0.731. The summed E-state index contributed by atoms with van der Waals surface area (Å²) in [4.78, 5) is 4.54. The van der Waals surface area contributed by atoms with Gasteiger partial charge in [0.15, 0.2) is 5.17 Å². The van der Waals surface area contributed by atoms with E-state index in [2.05, 4.69) is 24.2 Å². The Balaban J connectivity index is 1.66. The van der Waals surface area contributed by atoms with Gasteiger partial charge in [-0.15, -0.1) is 0 Å². The van der Waals surface area contributed by atoms with Crippen LogP contribution in [0.1, 0.15) is 39.5 Å². The summed E-state index contributed by atoms with van der Waals surface area (Å²) in [6.45, 7) is 6.78. The van der Waals surface area contributed by atoms with Crippen LogP contribution in [0.25, 0.3) is 0 Å². The lowest BCUT2D eigenvalue weighted by Gasteiger charge is -2.12. The Morgan fingerprint density at radius 1 is 1.47 bits per heavy atom. The van der Waals surface area contributed by atoms with Crippen molar-refractivity contribution < 1.29 is 0 Å². The zero-order chi connectivity index (χ0) is 10.7. The van der Waals surface area contributed by atoms with E-state index in [0.717, 1.165) is 30.2 Å². The fourth-order valence-electron chi connectivity index (χ4n) is 2.47. The van der Waals surface area contributed by atoms with E-state index >= 15 is 0 Å². The van der Waals surface area contributed by atoms with Gasteiger partial charge in [-0.25, -0.2) is 0 Å². The highest BCUT2D eigenvalue weighted by atomic mass is 32.2. The lowest BCUT2D eigenvalue weighted by molar-refractivity contribution is 0.508. The van der Waals surface area contributed by atoms with Crippen molar-refractivity contribution >= 4 is 16.9 Å². The Kier molecular flexibility index (Phi) is 3.95. The topological polar surface area (TPSA) is 24.4 Å². The van der Waals surface area contributed by atoms with E-state index in [-0.39, 0.29) is 0 Å². The monoisotopic (exact) mass is 226 g/mol. The van der Waals surface area contributed by atoms with Gasteiger partial charge in [-0.05, 0) is 31.1 Å². The van der Waals surface area contributed by atoms with Crippen molar-refractivity contribution in [1.29, 1.82) is 0 Å². The second-order valence-corrected chi connectivity index (χ2v) is 6.25. The largest absolute Gasteiger partial charge is 0.365 e. The van der Waals surface area contributed by atoms with E-state index in [4.69, 9.17) is 0 Å². The average Bonchev–Trinajstić information content (AvgIpc) is 2.83. The number of hydrogen-bond donors (Lipinski definition) is 1. The second-order valence-electron chi connectivity index (χ2n) is 4.96. The average molecular weight is 226 g/mol. The van der Waals surface area contributed by atoms with Crippen molar-refractivity contribution in [3.8, 4) is 0 Å². The van der Waals surface area contributed by atoms with Crippen LogP contribution in [0.2, 0.25) is 0 Å². The molecule has 1 fully saturated rings. The molecule has 2 nitrogen and oxygen atoms in total. The standard InChI is InChI=1S/C12H22N2S/c1-3-11-8-14-12(15-11)13-7-10-5-4-9(2)6-10/h9-11H,3-8H2,1-2H3,(H,13,14). The summed E-state index contributed by atoms with van der Waals surface area (Å²) in [5.74, 6) is 1.84. The molecule has 86 valence electrons. The molecule has 0 bridgehead atoms. The quantitative estimate of drug-likeness (QED) is 0.800. The molecule has 0 saturated heterocycles. The Hall–Kier alpha value is -0.180. The number of nitrogens with zero attached hydrogens (tertiary/aromatic N) is 1. The molecule has 0 aromatic rings. The van der Waals surface area contributed by atoms with Gasteiger partial charge < -0.3 is 5.32 Å². The van der Waals surface area contributed by atoms with Crippen molar-refractivity contribution in [2.75, 3.05) is 13.1 Å². The van der Waals surface area contributed by atoms with E-state index in [1.165, 1.54) is 30.9 Å². The molecule has 0 amide bonds. The van der Waals surface area contributed by atoms with Crippen molar-refractivity contribution in [2.45, 2.75) is 44.8 Å². The first-order valence-electron chi connectivity index (χ1n) is 6.23. The molecular weight excluding hydrogens is 204 g/mol. The molecule has 2 rings (SSSR count). The first-order chi connectivity index (χ1) is 7.28. The van der Waals surface area contributed by atoms with Crippen molar-refractivity contribution in [3.05, 3.63) is 0 Å². The molecular formula is C12H22N2S.